The molecule has 0 heterocycles. The number of ketones is 2. The molecule has 120 valence electrons. The Morgan fingerprint density at radius 2 is 1.91 bits per heavy atom. The lowest BCUT2D eigenvalue weighted by atomic mass is 9.55. The van der Waals surface area contributed by atoms with E-state index in [0.717, 1.165) is 19.3 Å². The molecule has 0 saturated heterocycles. The molecule has 3 aliphatic rings. The number of Topliss-reactive ketones (excluding diaryl/α,β-unsaturated/α-hetero) is 1. The van der Waals surface area contributed by atoms with E-state index in [4.69, 9.17) is 0 Å². The Labute approximate surface area is 132 Å². The molecule has 0 amide bonds. The van der Waals surface area contributed by atoms with E-state index in [2.05, 4.69) is 13.8 Å². The van der Waals surface area contributed by atoms with Gasteiger partial charge < -0.3 is 5.11 Å². The lowest BCUT2D eigenvalue weighted by Crippen LogP contribution is -2.46. The van der Waals surface area contributed by atoms with E-state index in [0.29, 0.717) is 29.1 Å². The van der Waals surface area contributed by atoms with Gasteiger partial charge in [0.25, 0.3) is 0 Å². The third-order valence-corrected chi connectivity index (χ3v) is 5.98. The molecule has 3 rings (SSSR count). The second-order valence-electron chi connectivity index (χ2n) is 8.12. The van der Waals surface area contributed by atoms with Gasteiger partial charge in [-0.3, -0.25) is 9.59 Å². The fourth-order valence-corrected chi connectivity index (χ4v) is 4.73. The van der Waals surface area contributed by atoms with Crippen molar-refractivity contribution in [3.8, 4) is 0 Å². The number of aliphatic hydroxyl groups excluding tert-OH is 1. The third kappa shape index (κ3) is 2.21. The van der Waals surface area contributed by atoms with E-state index < -0.39 is 6.10 Å². The van der Waals surface area contributed by atoms with Crippen LogP contribution >= 0.6 is 0 Å². The van der Waals surface area contributed by atoms with Crippen LogP contribution in [0.2, 0.25) is 0 Å². The quantitative estimate of drug-likeness (QED) is 0.757. The first-order valence-corrected chi connectivity index (χ1v) is 8.46. The molecule has 3 nitrogen and oxygen atoms in total. The average molecular weight is 302 g/mol. The van der Waals surface area contributed by atoms with Crippen LogP contribution < -0.4 is 0 Å². The molecule has 0 aromatic heterocycles. The summed E-state index contributed by atoms with van der Waals surface area (Å²) in [7, 11) is 0. The highest BCUT2D eigenvalue weighted by Gasteiger charge is 2.49. The summed E-state index contributed by atoms with van der Waals surface area (Å²) in [4.78, 5) is 25.5. The molecule has 1 N–H and O–H groups in total. The average Bonchev–Trinajstić information content (AvgIpc) is 2.42. The van der Waals surface area contributed by atoms with E-state index in [1.54, 1.807) is 0 Å². The lowest BCUT2D eigenvalue weighted by molar-refractivity contribution is -0.119. The highest BCUT2D eigenvalue weighted by molar-refractivity contribution is 6.23. The van der Waals surface area contributed by atoms with Crippen LogP contribution in [0.1, 0.15) is 53.4 Å². The van der Waals surface area contributed by atoms with Gasteiger partial charge >= 0.3 is 0 Å². The minimum Gasteiger partial charge on any atom is -0.388 e. The zero-order valence-corrected chi connectivity index (χ0v) is 14.0. The molecule has 0 spiro atoms. The number of aliphatic hydroxyl groups is 1. The van der Waals surface area contributed by atoms with Crippen molar-refractivity contribution in [1.82, 2.24) is 0 Å². The van der Waals surface area contributed by atoms with Crippen molar-refractivity contribution in [3.63, 3.8) is 0 Å². The van der Waals surface area contributed by atoms with E-state index in [-0.39, 0.29) is 28.8 Å². The fraction of sp³-hybridized carbons (Fsp3) is 0.684. The molecular formula is C19H26O3. The van der Waals surface area contributed by atoms with Gasteiger partial charge in [0.05, 0.1) is 6.10 Å². The molecule has 3 atom stereocenters. The Kier molecular flexibility index (Phi) is 3.67. The number of rotatable bonds is 1. The van der Waals surface area contributed by atoms with E-state index in [9.17, 15) is 14.7 Å². The molecule has 22 heavy (non-hydrogen) atoms. The Morgan fingerprint density at radius 1 is 1.23 bits per heavy atom. The third-order valence-electron chi connectivity index (χ3n) is 5.98. The van der Waals surface area contributed by atoms with Crippen LogP contribution in [0.3, 0.4) is 0 Å². The van der Waals surface area contributed by atoms with Gasteiger partial charge in [0.1, 0.15) is 0 Å². The van der Waals surface area contributed by atoms with E-state index in [1.165, 1.54) is 6.08 Å². The molecule has 1 saturated carbocycles. The van der Waals surface area contributed by atoms with Crippen LogP contribution in [-0.4, -0.2) is 22.8 Å². The standard InChI is InChI=1S/C19H26O3/c1-10(2)12-8-14(20)16-11-6-5-7-19(3,4)13(11)9-15(21)17(16)18(12)22/h8,10-11,13,15,21H,5-7,9H2,1-4H3/t11-,13+,15-/m0/s1. The zero-order chi connectivity index (χ0) is 16.2. The van der Waals surface area contributed by atoms with Gasteiger partial charge in [0, 0.05) is 16.7 Å². The molecule has 0 aromatic rings. The van der Waals surface area contributed by atoms with E-state index >= 15 is 0 Å². The maximum atomic E-state index is 12.8. The predicted octanol–water partition coefficient (Wildman–Crippen LogP) is 3.22. The van der Waals surface area contributed by atoms with Gasteiger partial charge in [0.15, 0.2) is 11.6 Å². The van der Waals surface area contributed by atoms with Crippen LogP contribution in [0, 0.1) is 23.2 Å². The summed E-state index contributed by atoms with van der Waals surface area (Å²) in [6.07, 6.45) is 4.53. The first-order valence-electron chi connectivity index (χ1n) is 8.46. The summed E-state index contributed by atoms with van der Waals surface area (Å²) >= 11 is 0. The summed E-state index contributed by atoms with van der Waals surface area (Å²) in [5.41, 5.74) is 1.71. The van der Waals surface area contributed by atoms with Crippen molar-refractivity contribution in [2.75, 3.05) is 0 Å². The van der Waals surface area contributed by atoms with Gasteiger partial charge in [-0.15, -0.1) is 0 Å². The normalized spacial score (nSPS) is 34.5. The van der Waals surface area contributed by atoms with E-state index in [1.807, 2.05) is 13.8 Å². The summed E-state index contributed by atoms with van der Waals surface area (Å²) in [5.74, 6) is 0.311. The van der Waals surface area contributed by atoms with Crippen molar-refractivity contribution >= 4 is 11.6 Å². The maximum absolute atomic E-state index is 12.8. The molecular weight excluding hydrogens is 276 g/mol. The predicted molar refractivity (Wildman–Crippen MR) is 85.2 cm³/mol. The smallest absolute Gasteiger partial charge is 0.188 e. The summed E-state index contributed by atoms with van der Waals surface area (Å²) in [6, 6.07) is 0. The second-order valence-corrected chi connectivity index (χ2v) is 8.12. The first-order chi connectivity index (χ1) is 10.2. The number of fused-ring (bicyclic) bond motifs is 2. The first kappa shape index (κ1) is 15.7. The van der Waals surface area contributed by atoms with Crippen molar-refractivity contribution in [1.29, 1.82) is 0 Å². The number of hydrogen-bond donors (Lipinski definition) is 1. The van der Waals surface area contributed by atoms with Gasteiger partial charge in [-0.1, -0.05) is 34.1 Å². The lowest BCUT2D eigenvalue weighted by Gasteiger charge is -2.49. The minimum absolute atomic E-state index is 0.0122. The zero-order valence-electron chi connectivity index (χ0n) is 14.0. The molecule has 0 unspecified atom stereocenters. The highest BCUT2D eigenvalue weighted by atomic mass is 16.3. The number of carbonyl (C=O) groups is 2. The van der Waals surface area contributed by atoms with Crippen molar-refractivity contribution in [2.24, 2.45) is 23.2 Å². The molecule has 0 aromatic carbocycles. The van der Waals surface area contributed by atoms with Crippen molar-refractivity contribution in [3.05, 3.63) is 22.8 Å². The second kappa shape index (κ2) is 5.16. The SMILES string of the molecule is CC(C)C1=CC(=O)C2=C(C1=O)[C@@H](O)C[C@@H]1[C@@H]2CCCC1(C)C. The van der Waals surface area contributed by atoms with Gasteiger partial charge in [-0.25, -0.2) is 0 Å². The topological polar surface area (TPSA) is 54.4 Å². The van der Waals surface area contributed by atoms with Gasteiger partial charge in [-0.2, -0.15) is 0 Å². The van der Waals surface area contributed by atoms with Crippen molar-refractivity contribution < 1.29 is 14.7 Å². The van der Waals surface area contributed by atoms with Crippen LogP contribution in [0.5, 0.6) is 0 Å². The van der Waals surface area contributed by atoms with Gasteiger partial charge in [-0.05, 0) is 48.5 Å². The maximum Gasteiger partial charge on any atom is 0.188 e. The molecule has 0 aliphatic heterocycles. The highest BCUT2D eigenvalue weighted by Crippen LogP contribution is 2.53. The Bertz CT molecular complexity index is 592. The summed E-state index contributed by atoms with van der Waals surface area (Å²) in [5, 5.41) is 10.6. The molecule has 3 aliphatic carbocycles. The number of allylic oxidation sites excluding steroid dienone is 3. The number of hydrogen-bond acceptors (Lipinski definition) is 3. The van der Waals surface area contributed by atoms with Crippen LogP contribution in [0.4, 0.5) is 0 Å². The molecule has 1 fully saturated rings. The number of carbonyl (C=O) groups excluding carboxylic acids is 2. The molecule has 0 bridgehead atoms. The summed E-state index contributed by atoms with van der Waals surface area (Å²) < 4.78 is 0. The molecule has 0 radical (unpaired) electrons. The largest absolute Gasteiger partial charge is 0.388 e. The Balaban J connectivity index is 2.08. The Hall–Kier alpha value is -1.22. The van der Waals surface area contributed by atoms with Crippen LogP contribution in [0.15, 0.2) is 22.8 Å². The van der Waals surface area contributed by atoms with Gasteiger partial charge in [0.2, 0.25) is 0 Å². The Morgan fingerprint density at radius 3 is 2.55 bits per heavy atom. The molecule has 3 heteroatoms. The monoisotopic (exact) mass is 302 g/mol. The van der Waals surface area contributed by atoms with Crippen LogP contribution in [-0.2, 0) is 9.59 Å². The summed E-state index contributed by atoms with van der Waals surface area (Å²) in [6.45, 7) is 8.30. The fourth-order valence-electron chi connectivity index (χ4n) is 4.73. The minimum atomic E-state index is -0.785. The van der Waals surface area contributed by atoms with Crippen molar-refractivity contribution in [2.45, 2.75) is 59.5 Å². The van der Waals surface area contributed by atoms with Crippen LogP contribution in [0.25, 0.3) is 0 Å².